The van der Waals surface area contributed by atoms with Gasteiger partial charge in [0.15, 0.2) is 0 Å². The summed E-state index contributed by atoms with van der Waals surface area (Å²) >= 11 is 2.73. The fraction of sp³-hybridized carbons (Fsp3) is 0.727. The van der Waals surface area contributed by atoms with Gasteiger partial charge in [0, 0.05) is 24.6 Å². The van der Waals surface area contributed by atoms with E-state index in [-0.39, 0.29) is 6.03 Å². The number of carbonyl (C=O) groups is 1. The molecule has 0 spiro atoms. The summed E-state index contributed by atoms with van der Waals surface area (Å²) in [6, 6.07) is -0.0202. The minimum Gasteiger partial charge on any atom is -0.324 e. The molecule has 2 amide bonds. The van der Waals surface area contributed by atoms with Crippen molar-refractivity contribution in [2.45, 2.75) is 24.4 Å². The van der Waals surface area contributed by atoms with Crippen molar-refractivity contribution >= 4 is 34.5 Å². The number of urea groups is 1. The summed E-state index contributed by atoms with van der Waals surface area (Å²) in [5.41, 5.74) is 0. The number of nitrogens with one attached hydrogen (secondary N) is 1. The van der Waals surface area contributed by atoms with E-state index in [1.54, 1.807) is 0 Å². The maximum absolute atomic E-state index is 12.1. The highest BCUT2D eigenvalue weighted by atomic mass is 32.2. The Labute approximate surface area is 115 Å². The molecule has 1 saturated heterocycles. The molecule has 1 aromatic heterocycles. The Morgan fingerprint density at radius 1 is 1.44 bits per heavy atom. The molecule has 1 aliphatic carbocycles. The van der Waals surface area contributed by atoms with Crippen LogP contribution in [0, 0.1) is 11.8 Å². The number of aromatic nitrogens is 2. The van der Waals surface area contributed by atoms with Crippen molar-refractivity contribution in [3.8, 4) is 0 Å². The molecule has 3 rings (SSSR count). The molecule has 2 heterocycles. The number of carbonyl (C=O) groups excluding carboxylic acids is 1. The van der Waals surface area contributed by atoms with Crippen LogP contribution in [0.1, 0.15) is 19.3 Å². The summed E-state index contributed by atoms with van der Waals surface area (Å²) in [6.07, 6.45) is 5.82. The largest absolute Gasteiger partial charge is 0.324 e. The van der Waals surface area contributed by atoms with E-state index >= 15 is 0 Å². The lowest BCUT2D eigenvalue weighted by Gasteiger charge is -2.16. The van der Waals surface area contributed by atoms with Gasteiger partial charge in [-0.2, -0.15) is 9.36 Å². The fourth-order valence-corrected chi connectivity index (χ4v) is 4.03. The summed E-state index contributed by atoms with van der Waals surface area (Å²) < 4.78 is 4.13. The fourth-order valence-electron chi connectivity index (χ4n) is 2.92. The highest BCUT2D eigenvalue weighted by Crippen LogP contribution is 2.37. The molecule has 18 heavy (non-hydrogen) atoms. The van der Waals surface area contributed by atoms with E-state index in [9.17, 15) is 4.79 Å². The molecule has 7 heteroatoms. The molecular formula is C11H16N4OS2. The third-order valence-electron chi connectivity index (χ3n) is 3.82. The van der Waals surface area contributed by atoms with Gasteiger partial charge in [-0.15, -0.1) is 0 Å². The highest BCUT2D eigenvalue weighted by molar-refractivity contribution is 7.98. The van der Waals surface area contributed by atoms with Gasteiger partial charge in [0.25, 0.3) is 0 Å². The normalized spacial score (nSPS) is 26.4. The van der Waals surface area contributed by atoms with Crippen LogP contribution in [0.5, 0.6) is 0 Å². The van der Waals surface area contributed by atoms with Crippen LogP contribution < -0.4 is 5.32 Å². The zero-order valence-electron chi connectivity index (χ0n) is 10.3. The van der Waals surface area contributed by atoms with E-state index in [0.717, 1.165) is 24.9 Å². The second-order valence-corrected chi connectivity index (χ2v) is 6.40. The summed E-state index contributed by atoms with van der Waals surface area (Å²) in [5, 5.41) is 4.16. The van der Waals surface area contributed by atoms with Gasteiger partial charge in [-0.1, -0.05) is 18.2 Å². The van der Waals surface area contributed by atoms with Crippen molar-refractivity contribution < 1.29 is 4.79 Å². The van der Waals surface area contributed by atoms with E-state index in [4.69, 9.17) is 0 Å². The van der Waals surface area contributed by atoms with E-state index in [0.29, 0.717) is 10.3 Å². The lowest BCUT2D eigenvalue weighted by molar-refractivity contribution is 0.219. The Morgan fingerprint density at radius 2 is 2.17 bits per heavy atom. The first-order valence-electron chi connectivity index (χ1n) is 6.20. The number of likely N-dealkylation sites (tertiary alicyclic amines) is 1. The van der Waals surface area contributed by atoms with Crippen LogP contribution in [0.4, 0.5) is 9.93 Å². The monoisotopic (exact) mass is 284 g/mol. The topological polar surface area (TPSA) is 58.1 Å². The number of rotatable bonds is 2. The van der Waals surface area contributed by atoms with Crippen molar-refractivity contribution in [2.24, 2.45) is 11.8 Å². The standard InChI is InChI=1S/C11H16N4OS2/c1-17-10-12-9(18-14-10)13-11(16)15-5-7-3-2-4-8(7)6-15/h7-8H,2-6H2,1H3,(H,12,13,14,16). The van der Waals surface area contributed by atoms with Crippen molar-refractivity contribution in [2.75, 3.05) is 24.7 Å². The Balaban J connectivity index is 1.58. The molecule has 1 saturated carbocycles. The van der Waals surface area contributed by atoms with E-state index in [1.165, 1.54) is 42.6 Å². The number of fused-ring (bicyclic) bond motifs is 1. The molecule has 2 fully saturated rings. The van der Waals surface area contributed by atoms with Gasteiger partial charge in [0.2, 0.25) is 10.3 Å². The van der Waals surface area contributed by atoms with Crippen LogP contribution in [-0.2, 0) is 0 Å². The molecule has 0 aromatic carbocycles. The number of nitrogens with zero attached hydrogens (tertiary/aromatic N) is 3. The quantitative estimate of drug-likeness (QED) is 0.848. The third kappa shape index (κ3) is 2.33. The molecule has 0 bridgehead atoms. The predicted octanol–water partition coefficient (Wildman–Crippen LogP) is 2.52. The Kier molecular flexibility index (Phi) is 3.43. The summed E-state index contributed by atoms with van der Waals surface area (Å²) in [5.74, 6) is 1.46. The Bertz CT molecular complexity index is 438. The number of hydrogen-bond donors (Lipinski definition) is 1. The summed E-state index contributed by atoms with van der Waals surface area (Å²) in [4.78, 5) is 18.2. The zero-order chi connectivity index (χ0) is 12.5. The Morgan fingerprint density at radius 3 is 2.78 bits per heavy atom. The van der Waals surface area contributed by atoms with Gasteiger partial charge in [0.1, 0.15) is 0 Å². The van der Waals surface area contributed by atoms with Crippen LogP contribution in [-0.4, -0.2) is 39.6 Å². The van der Waals surface area contributed by atoms with E-state index in [2.05, 4.69) is 14.7 Å². The molecule has 2 unspecified atom stereocenters. The molecule has 2 atom stereocenters. The van der Waals surface area contributed by atoms with Crippen LogP contribution in [0.25, 0.3) is 0 Å². The molecule has 1 N–H and O–H groups in total. The van der Waals surface area contributed by atoms with Gasteiger partial charge >= 0.3 is 6.03 Å². The minimum absolute atomic E-state index is 0.0202. The first-order valence-corrected chi connectivity index (χ1v) is 8.19. The van der Waals surface area contributed by atoms with E-state index < -0.39 is 0 Å². The predicted molar refractivity (Wildman–Crippen MR) is 73.1 cm³/mol. The lowest BCUT2D eigenvalue weighted by atomic mass is 10.0. The third-order valence-corrected chi connectivity index (χ3v) is 5.11. The van der Waals surface area contributed by atoms with Crippen molar-refractivity contribution in [3.05, 3.63) is 0 Å². The second kappa shape index (κ2) is 5.05. The number of amides is 2. The van der Waals surface area contributed by atoms with Crippen LogP contribution in [0.2, 0.25) is 0 Å². The van der Waals surface area contributed by atoms with Gasteiger partial charge in [0.05, 0.1) is 0 Å². The smallest absolute Gasteiger partial charge is 0.323 e. The van der Waals surface area contributed by atoms with Crippen molar-refractivity contribution in [1.82, 2.24) is 14.3 Å². The molecule has 1 aliphatic heterocycles. The van der Waals surface area contributed by atoms with Crippen LogP contribution in [0.15, 0.2) is 5.16 Å². The molecule has 1 aromatic rings. The summed E-state index contributed by atoms with van der Waals surface area (Å²) in [6.45, 7) is 1.81. The second-order valence-electron chi connectivity index (χ2n) is 4.87. The van der Waals surface area contributed by atoms with E-state index in [1.807, 2.05) is 11.2 Å². The molecule has 0 radical (unpaired) electrons. The maximum Gasteiger partial charge on any atom is 0.323 e. The molecule has 98 valence electrons. The summed E-state index contributed by atoms with van der Waals surface area (Å²) in [7, 11) is 0. The number of anilines is 1. The average molecular weight is 284 g/mol. The van der Waals surface area contributed by atoms with Gasteiger partial charge in [-0.3, -0.25) is 5.32 Å². The maximum atomic E-state index is 12.1. The Hall–Kier alpha value is -0.820. The SMILES string of the molecule is CSc1nsc(NC(=O)N2CC3CCCC3C2)n1. The first-order chi connectivity index (χ1) is 8.76. The van der Waals surface area contributed by atoms with Gasteiger partial charge in [-0.25, -0.2) is 4.79 Å². The molecule has 2 aliphatic rings. The van der Waals surface area contributed by atoms with Gasteiger partial charge < -0.3 is 4.90 Å². The van der Waals surface area contributed by atoms with Crippen molar-refractivity contribution in [1.29, 1.82) is 0 Å². The van der Waals surface area contributed by atoms with Crippen LogP contribution >= 0.6 is 23.3 Å². The van der Waals surface area contributed by atoms with Crippen molar-refractivity contribution in [3.63, 3.8) is 0 Å². The lowest BCUT2D eigenvalue weighted by Crippen LogP contribution is -2.33. The molecular weight excluding hydrogens is 268 g/mol. The number of thioether (sulfide) groups is 1. The van der Waals surface area contributed by atoms with Gasteiger partial charge in [-0.05, 0) is 30.9 Å². The van der Waals surface area contributed by atoms with Crippen LogP contribution in [0.3, 0.4) is 0 Å². The highest BCUT2D eigenvalue weighted by Gasteiger charge is 2.38. The first kappa shape index (κ1) is 12.2. The zero-order valence-corrected chi connectivity index (χ0v) is 11.9. The molecule has 5 nitrogen and oxygen atoms in total. The average Bonchev–Trinajstić information content (AvgIpc) is 3.02. The minimum atomic E-state index is -0.0202. The number of hydrogen-bond acceptors (Lipinski definition) is 5.